The quantitative estimate of drug-likeness (QED) is 0.680. The van der Waals surface area contributed by atoms with Gasteiger partial charge in [0.25, 0.3) is 0 Å². The standard InChI is InChI=1S/C15H10BrF3O3S/c16-10-3-1-9(2-4-10)8-23-13-6-5-11(22-15(17,18)19)7-12(13)14(20)21/h1-7H,8H2,(H,20,21). The summed E-state index contributed by atoms with van der Waals surface area (Å²) in [6.07, 6.45) is -4.86. The molecule has 2 aromatic rings. The van der Waals surface area contributed by atoms with E-state index < -0.39 is 18.1 Å². The van der Waals surface area contributed by atoms with E-state index in [1.54, 1.807) is 0 Å². The van der Waals surface area contributed by atoms with Crippen LogP contribution in [0.4, 0.5) is 13.2 Å². The van der Waals surface area contributed by atoms with Gasteiger partial charge in [-0.15, -0.1) is 24.9 Å². The van der Waals surface area contributed by atoms with Gasteiger partial charge < -0.3 is 9.84 Å². The van der Waals surface area contributed by atoms with E-state index in [0.29, 0.717) is 10.6 Å². The topological polar surface area (TPSA) is 46.5 Å². The molecule has 0 aliphatic rings. The second-order valence-corrected chi connectivity index (χ2v) is 6.36. The Bertz CT molecular complexity index is 702. The van der Waals surface area contributed by atoms with E-state index in [1.165, 1.54) is 17.8 Å². The molecule has 0 saturated heterocycles. The van der Waals surface area contributed by atoms with Crippen LogP contribution in [0, 0.1) is 0 Å². The molecule has 0 aromatic heterocycles. The van der Waals surface area contributed by atoms with Gasteiger partial charge >= 0.3 is 12.3 Å². The fraction of sp³-hybridized carbons (Fsp3) is 0.133. The van der Waals surface area contributed by atoms with E-state index in [-0.39, 0.29) is 5.56 Å². The third kappa shape index (κ3) is 5.47. The maximum Gasteiger partial charge on any atom is 0.573 e. The lowest BCUT2D eigenvalue weighted by molar-refractivity contribution is -0.274. The van der Waals surface area contributed by atoms with Gasteiger partial charge in [-0.05, 0) is 35.9 Å². The van der Waals surface area contributed by atoms with Gasteiger partial charge in [0, 0.05) is 15.1 Å². The summed E-state index contributed by atoms with van der Waals surface area (Å²) in [6.45, 7) is 0. The molecule has 0 radical (unpaired) electrons. The highest BCUT2D eigenvalue weighted by molar-refractivity contribution is 9.10. The predicted molar refractivity (Wildman–Crippen MR) is 83.8 cm³/mol. The van der Waals surface area contributed by atoms with Crippen molar-refractivity contribution in [1.29, 1.82) is 0 Å². The zero-order valence-electron chi connectivity index (χ0n) is 11.4. The lowest BCUT2D eigenvalue weighted by atomic mass is 10.2. The van der Waals surface area contributed by atoms with Gasteiger partial charge in [0.1, 0.15) is 5.75 Å². The predicted octanol–water partition coefficient (Wildman–Crippen LogP) is 5.34. The molecule has 1 N–H and O–H groups in total. The van der Waals surface area contributed by atoms with Gasteiger partial charge in [-0.3, -0.25) is 0 Å². The third-order valence-corrected chi connectivity index (χ3v) is 4.40. The number of carboxylic acids is 1. The molecule has 23 heavy (non-hydrogen) atoms. The van der Waals surface area contributed by atoms with Gasteiger partial charge in [0.05, 0.1) is 5.56 Å². The molecule has 0 amide bonds. The minimum absolute atomic E-state index is 0.228. The Morgan fingerprint density at radius 1 is 1.17 bits per heavy atom. The summed E-state index contributed by atoms with van der Waals surface area (Å²) in [5.41, 5.74) is 0.735. The Labute approximate surface area is 142 Å². The zero-order chi connectivity index (χ0) is 17.0. The molecule has 0 saturated carbocycles. The fourth-order valence-electron chi connectivity index (χ4n) is 1.74. The summed E-state index contributed by atoms with van der Waals surface area (Å²) in [4.78, 5) is 11.6. The van der Waals surface area contributed by atoms with Gasteiger partial charge in [0.2, 0.25) is 0 Å². The van der Waals surface area contributed by atoms with E-state index >= 15 is 0 Å². The molecule has 0 bridgehead atoms. The van der Waals surface area contributed by atoms with E-state index in [1.807, 2.05) is 24.3 Å². The number of rotatable bonds is 5. The molecule has 0 atom stereocenters. The number of alkyl halides is 3. The van der Waals surface area contributed by atoms with Crippen LogP contribution in [0.25, 0.3) is 0 Å². The highest BCUT2D eigenvalue weighted by Crippen LogP contribution is 2.31. The second-order valence-electron chi connectivity index (χ2n) is 4.43. The number of thioether (sulfide) groups is 1. The van der Waals surface area contributed by atoms with Crippen molar-refractivity contribution in [2.24, 2.45) is 0 Å². The van der Waals surface area contributed by atoms with Gasteiger partial charge in [-0.1, -0.05) is 28.1 Å². The average molecular weight is 407 g/mol. The number of carboxylic acid groups (broad SMARTS) is 1. The first kappa shape index (κ1) is 17.7. The summed E-state index contributed by atoms with van der Waals surface area (Å²) < 4.78 is 41.3. The first-order valence-electron chi connectivity index (χ1n) is 6.25. The minimum Gasteiger partial charge on any atom is -0.478 e. The molecular formula is C15H10BrF3O3S. The van der Waals surface area contributed by atoms with Crippen molar-refractivity contribution in [3.8, 4) is 5.75 Å². The molecular weight excluding hydrogens is 397 g/mol. The number of hydrogen-bond donors (Lipinski definition) is 1. The summed E-state index contributed by atoms with van der Waals surface area (Å²) in [5.74, 6) is -1.37. The first-order chi connectivity index (χ1) is 10.7. The van der Waals surface area contributed by atoms with Crippen molar-refractivity contribution in [3.05, 3.63) is 58.1 Å². The Kier molecular flexibility index (Phi) is 5.59. The smallest absolute Gasteiger partial charge is 0.478 e. The zero-order valence-corrected chi connectivity index (χ0v) is 13.8. The van der Waals surface area contributed by atoms with Crippen LogP contribution in [0.3, 0.4) is 0 Å². The van der Waals surface area contributed by atoms with Crippen molar-refractivity contribution in [2.75, 3.05) is 0 Å². The lowest BCUT2D eigenvalue weighted by Crippen LogP contribution is -2.17. The van der Waals surface area contributed by atoms with Crippen molar-refractivity contribution in [3.63, 3.8) is 0 Å². The SMILES string of the molecule is O=C(O)c1cc(OC(F)(F)F)ccc1SCc1ccc(Br)cc1. The van der Waals surface area contributed by atoms with Crippen LogP contribution >= 0.6 is 27.7 Å². The fourth-order valence-corrected chi connectivity index (χ4v) is 2.99. The van der Waals surface area contributed by atoms with Crippen molar-refractivity contribution in [2.45, 2.75) is 17.0 Å². The molecule has 0 aliphatic heterocycles. The number of hydrogen-bond acceptors (Lipinski definition) is 3. The van der Waals surface area contributed by atoms with Gasteiger partial charge in [-0.25, -0.2) is 4.79 Å². The monoisotopic (exact) mass is 406 g/mol. The average Bonchev–Trinajstić information content (AvgIpc) is 2.45. The summed E-state index contributed by atoms with van der Waals surface area (Å²) >= 11 is 4.54. The normalized spacial score (nSPS) is 11.3. The van der Waals surface area contributed by atoms with Crippen molar-refractivity contribution >= 4 is 33.7 Å². The molecule has 3 nitrogen and oxygen atoms in total. The Balaban J connectivity index is 2.17. The number of aromatic carboxylic acids is 1. The lowest BCUT2D eigenvalue weighted by Gasteiger charge is -2.11. The van der Waals surface area contributed by atoms with Crippen LogP contribution in [0.1, 0.15) is 15.9 Å². The molecule has 122 valence electrons. The van der Waals surface area contributed by atoms with Crippen LogP contribution in [-0.4, -0.2) is 17.4 Å². The molecule has 0 fully saturated rings. The minimum atomic E-state index is -4.86. The number of halogens is 4. The molecule has 2 aromatic carbocycles. The van der Waals surface area contributed by atoms with Crippen LogP contribution in [0.2, 0.25) is 0 Å². The van der Waals surface area contributed by atoms with Crippen molar-refractivity contribution < 1.29 is 27.8 Å². The number of benzene rings is 2. The molecule has 0 heterocycles. The van der Waals surface area contributed by atoms with Gasteiger partial charge in [0.15, 0.2) is 0 Å². The first-order valence-corrected chi connectivity index (χ1v) is 8.03. The van der Waals surface area contributed by atoms with Crippen LogP contribution in [0.15, 0.2) is 51.8 Å². The highest BCUT2D eigenvalue weighted by Gasteiger charge is 2.31. The van der Waals surface area contributed by atoms with E-state index in [4.69, 9.17) is 5.11 Å². The maximum absolute atomic E-state index is 12.2. The summed E-state index contributed by atoms with van der Waals surface area (Å²) in [5, 5.41) is 9.17. The van der Waals surface area contributed by atoms with E-state index in [0.717, 1.165) is 22.2 Å². The molecule has 0 aliphatic carbocycles. The number of ether oxygens (including phenoxy) is 1. The van der Waals surface area contributed by atoms with Crippen LogP contribution < -0.4 is 4.74 Å². The molecule has 8 heteroatoms. The largest absolute Gasteiger partial charge is 0.573 e. The molecule has 0 unspecified atom stereocenters. The molecule has 2 rings (SSSR count). The summed E-state index contributed by atoms with van der Waals surface area (Å²) in [7, 11) is 0. The van der Waals surface area contributed by atoms with Gasteiger partial charge in [-0.2, -0.15) is 0 Å². The Morgan fingerprint density at radius 3 is 2.39 bits per heavy atom. The molecule has 0 spiro atoms. The van der Waals surface area contributed by atoms with Crippen molar-refractivity contribution in [1.82, 2.24) is 0 Å². The van der Waals surface area contributed by atoms with E-state index in [2.05, 4.69) is 20.7 Å². The summed E-state index contributed by atoms with van der Waals surface area (Å²) in [6, 6.07) is 10.7. The third-order valence-electron chi connectivity index (χ3n) is 2.72. The number of carbonyl (C=O) groups is 1. The van der Waals surface area contributed by atoms with Crippen LogP contribution in [0.5, 0.6) is 5.75 Å². The van der Waals surface area contributed by atoms with E-state index in [9.17, 15) is 18.0 Å². The Hall–Kier alpha value is -1.67. The second kappa shape index (κ2) is 7.27. The van der Waals surface area contributed by atoms with Crippen LogP contribution in [-0.2, 0) is 5.75 Å². The highest BCUT2D eigenvalue weighted by atomic mass is 79.9. The Morgan fingerprint density at radius 2 is 1.83 bits per heavy atom. The maximum atomic E-state index is 12.2.